The molecule has 25 heavy (non-hydrogen) atoms. The predicted octanol–water partition coefficient (Wildman–Crippen LogP) is 3.05. The van der Waals surface area contributed by atoms with Gasteiger partial charge >= 0.3 is 0 Å². The molecule has 0 radical (unpaired) electrons. The van der Waals surface area contributed by atoms with Crippen molar-refractivity contribution in [3.8, 4) is 23.0 Å². The number of fused-ring (bicyclic) bond motifs is 1. The van der Waals surface area contributed by atoms with E-state index in [4.69, 9.17) is 4.52 Å². The predicted molar refractivity (Wildman–Crippen MR) is 89.4 cm³/mol. The van der Waals surface area contributed by atoms with Gasteiger partial charge in [-0.2, -0.15) is 4.98 Å². The van der Waals surface area contributed by atoms with Crippen molar-refractivity contribution in [1.82, 2.24) is 35.1 Å². The zero-order chi connectivity index (χ0) is 16.6. The van der Waals surface area contributed by atoms with Gasteiger partial charge in [-0.05, 0) is 31.0 Å². The zero-order valence-corrected chi connectivity index (χ0v) is 13.4. The summed E-state index contributed by atoms with van der Waals surface area (Å²) in [6, 6.07) is 6.41. The van der Waals surface area contributed by atoms with Crippen LogP contribution in [-0.2, 0) is 0 Å². The molecule has 1 aliphatic carbocycles. The first-order valence-corrected chi connectivity index (χ1v) is 8.34. The van der Waals surface area contributed by atoms with Crippen molar-refractivity contribution in [2.75, 3.05) is 0 Å². The molecule has 0 atom stereocenters. The van der Waals surface area contributed by atoms with E-state index in [1.54, 1.807) is 18.6 Å². The second-order valence-corrected chi connectivity index (χ2v) is 6.19. The Hall–Kier alpha value is -3.16. The molecule has 1 fully saturated rings. The van der Waals surface area contributed by atoms with Gasteiger partial charge in [0.05, 0.1) is 17.8 Å². The summed E-state index contributed by atoms with van der Waals surface area (Å²) in [5, 5.41) is 12.7. The first kappa shape index (κ1) is 14.2. The van der Waals surface area contributed by atoms with Gasteiger partial charge in [0.15, 0.2) is 0 Å². The van der Waals surface area contributed by atoms with E-state index in [9.17, 15) is 0 Å². The molecule has 1 aromatic carbocycles. The first-order valence-electron chi connectivity index (χ1n) is 8.34. The molecule has 8 heteroatoms. The Morgan fingerprint density at radius 3 is 2.88 bits per heavy atom. The monoisotopic (exact) mass is 333 g/mol. The maximum atomic E-state index is 5.30. The van der Waals surface area contributed by atoms with Gasteiger partial charge in [-0.1, -0.05) is 23.2 Å². The molecule has 3 aromatic heterocycles. The van der Waals surface area contributed by atoms with E-state index in [0.29, 0.717) is 23.5 Å². The van der Waals surface area contributed by atoms with Gasteiger partial charge in [-0.3, -0.25) is 4.98 Å². The van der Waals surface area contributed by atoms with Gasteiger partial charge in [0.25, 0.3) is 5.89 Å². The highest BCUT2D eigenvalue weighted by molar-refractivity contribution is 5.80. The molecule has 5 rings (SSSR count). The number of rotatable bonds is 3. The third-order valence-electron chi connectivity index (χ3n) is 4.61. The van der Waals surface area contributed by atoms with Crippen LogP contribution in [0.15, 0.2) is 41.3 Å². The van der Waals surface area contributed by atoms with Crippen molar-refractivity contribution >= 4 is 11.0 Å². The smallest absolute Gasteiger partial charge is 0.278 e. The Bertz CT molecular complexity index is 1020. The summed E-state index contributed by atoms with van der Waals surface area (Å²) in [5.41, 5.74) is 3.28. The van der Waals surface area contributed by atoms with Crippen molar-refractivity contribution in [3.05, 3.63) is 36.8 Å². The minimum Gasteiger partial charge on any atom is -0.332 e. The van der Waals surface area contributed by atoms with Gasteiger partial charge in [-0.25, -0.2) is 9.67 Å². The Labute approximate surface area is 142 Å². The lowest BCUT2D eigenvalue weighted by Crippen LogP contribution is -2.06. The number of hydrogen-bond acceptors (Lipinski definition) is 7. The van der Waals surface area contributed by atoms with Gasteiger partial charge in [0.2, 0.25) is 5.82 Å². The third kappa shape index (κ3) is 2.46. The van der Waals surface area contributed by atoms with E-state index in [1.165, 1.54) is 25.7 Å². The van der Waals surface area contributed by atoms with E-state index in [0.717, 1.165) is 16.6 Å². The average molecular weight is 333 g/mol. The van der Waals surface area contributed by atoms with Crippen LogP contribution < -0.4 is 0 Å². The van der Waals surface area contributed by atoms with Crippen LogP contribution in [0.3, 0.4) is 0 Å². The summed E-state index contributed by atoms with van der Waals surface area (Å²) in [4.78, 5) is 12.6. The second-order valence-electron chi connectivity index (χ2n) is 6.19. The van der Waals surface area contributed by atoms with Gasteiger partial charge < -0.3 is 4.52 Å². The van der Waals surface area contributed by atoms with Crippen molar-refractivity contribution in [2.24, 2.45) is 0 Å². The molecule has 0 N–H and O–H groups in total. The van der Waals surface area contributed by atoms with Gasteiger partial charge in [0.1, 0.15) is 11.2 Å². The maximum Gasteiger partial charge on any atom is 0.278 e. The van der Waals surface area contributed by atoms with Crippen molar-refractivity contribution in [3.63, 3.8) is 0 Å². The Morgan fingerprint density at radius 1 is 1.12 bits per heavy atom. The van der Waals surface area contributed by atoms with E-state index >= 15 is 0 Å². The van der Waals surface area contributed by atoms with Crippen LogP contribution in [0.1, 0.15) is 31.7 Å². The van der Waals surface area contributed by atoms with Crippen molar-refractivity contribution in [2.45, 2.75) is 31.7 Å². The molecule has 0 saturated heterocycles. The minimum atomic E-state index is 0.345. The van der Waals surface area contributed by atoms with E-state index in [1.807, 2.05) is 22.9 Å². The van der Waals surface area contributed by atoms with Crippen LogP contribution in [-0.4, -0.2) is 35.1 Å². The molecule has 0 amide bonds. The molecule has 3 heterocycles. The molecule has 1 aliphatic rings. The maximum absolute atomic E-state index is 5.30. The fraction of sp³-hybridized carbons (Fsp3) is 0.294. The fourth-order valence-corrected chi connectivity index (χ4v) is 3.35. The summed E-state index contributed by atoms with van der Waals surface area (Å²) in [7, 11) is 0. The lowest BCUT2D eigenvalue weighted by Gasteiger charge is -2.09. The molecule has 124 valence electrons. The summed E-state index contributed by atoms with van der Waals surface area (Å²) < 4.78 is 7.35. The molecule has 0 spiro atoms. The molecule has 0 bridgehead atoms. The molecule has 0 unspecified atom stereocenters. The van der Waals surface area contributed by atoms with Crippen LogP contribution >= 0.6 is 0 Å². The largest absolute Gasteiger partial charge is 0.332 e. The van der Waals surface area contributed by atoms with Crippen LogP contribution in [0.25, 0.3) is 34.0 Å². The highest BCUT2D eigenvalue weighted by Gasteiger charge is 2.20. The summed E-state index contributed by atoms with van der Waals surface area (Å²) in [5.74, 6) is 0.843. The highest BCUT2D eigenvalue weighted by atomic mass is 16.5. The van der Waals surface area contributed by atoms with Gasteiger partial charge in [0, 0.05) is 18.0 Å². The molecule has 0 aliphatic heterocycles. The number of hydrogen-bond donors (Lipinski definition) is 0. The summed E-state index contributed by atoms with van der Waals surface area (Å²) in [6.45, 7) is 0. The summed E-state index contributed by atoms with van der Waals surface area (Å²) >= 11 is 0. The van der Waals surface area contributed by atoms with Crippen LogP contribution in [0.2, 0.25) is 0 Å². The van der Waals surface area contributed by atoms with E-state index in [-0.39, 0.29) is 0 Å². The van der Waals surface area contributed by atoms with Gasteiger partial charge in [-0.15, -0.1) is 5.10 Å². The molecule has 8 nitrogen and oxygen atoms in total. The quantitative estimate of drug-likeness (QED) is 0.568. The third-order valence-corrected chi connectivity index (χ3v) is 4.61. The minimum absolute atomic E-state index is 0.345. The number of benzene rings is 1. The molecule has 1 saturated carbocycles. The Kier molecular flexibility index (Phi) is 3.26. The van der Waals surface area contributed by atoms with Crippen LogP contribution in [0.4, 0.5) is 0 Å². The zero-order valence-electron chi connectivity index (χ0n) is 13.4. The topological polar surface area (TPSA) is 95.4 Å². The lowest BCUT2D eigenvalue weighted by molar-refractivity contribution is 0.431. The van der Waals surface area contributed by atoms with Crippen LogP contribution in [0.5, 0.6) is 0 Å². The molecular formula is C17H15N7O. The van der Waals surface area contributed by atoms with E-state index < -0.39 is 0 Å². The molecular weight excluding hydrogens is 318 g/mol. The van der Waals surface area contributed by atoms with Crippen molar-refractivity contribution in [1.29, 1.82) is 0 Å². The number of nitrogens with zero attached hydrogens (tertiary/aromatic N) is 7. The Morgan fingerprint density at radius 2 is 2.04 bits per heavy atom. The van der Waals surface area contributed by atoms with E-state index in [2.05, 4.69) is 30.4 Å². The van der Waals surface area contributed by atoms with Crippen molar-refractivity contribution < 1.29 is 4.52 Å². The first-order chi connectivity index (χ1) is 12.4. The average Bonchev–Trinajstić information content (AvgIpc) is 3.41. The normalized spacial score (nSPS) is 15.2. The second kappa shape index (κ2) is 5.73. The standard InChI is InChI=1S/C17H15N7O/c1-2-4-12(3-1)24-15-6-5-11(9-13(15)21-23-24)16-20-17(25-22-16)14-10-18-7-8-19-14/h5-10,12H,1-4H2. The fourth-order valence-electron chi connectivity index (χ4n) is 3.35. The lowest BCUT2D eigenvalue weighted by atomic mass is 10.1. The summed E-state index contributed by atoms with van der Waals surface area (Å²) in [6.07, 6.45) is 9.65. The highest BCUT2D eigenvalue weighted by Crippen LogP contribution is 2.32. The Balaban J connectivity index is 1.50. The van der Waals surface area contributed by atoms with Crippen LogP contribution in [0, 0.1) is 0 Å². The number of aromatic nitrogens is 7. The molecule has 4 aromatic rings. The SMILES string of the molecule is c1cnc(-c2nc(-c3ccc4c(c3)nnn4C3CCCC3)no2)cn1.